The lowest BCUT2D eigenvalue weighted by atomic mass is 10.0. The van der Waals surface area contributed by atoms with Crippen LogP contribution in [0.15, 0.2) is 48.5 Å². The SMILES string of the molecule is Cc1ccc(Cc2ccccc2)c(N2CSCC2=O)c1. The van der Waals surface area contributed by atoms with E-state index in [0.717, 1.165) is 18.0 Å². The Morgan fingerprint density at radius 2 is 1.95 bits per heavy atom. The van der Waals surface area contributed by atoms with E-state index in [1.165, 1.54) is 16.7 Å². The smallest absolute Gasteiger partial charge is 0.237 e. The lowest BCUT2D eigenvalue weighted by Crippen LogP contribution is -2.26. The second kappa shape index (κ2) is 5.71. The highest BCUT2D eigenvalue weighted by Crippen LogP contribution is 2.29. The number of carbonyl (C=O) groups is 1. The first kappa shape index (κ1) is 13.3. The van der Waals surface area contributed by atoms with Crippen molar-refractivity contribution >= 4 is 23.4 Å². The number of hydrogen-bond acceptors (Lipinski definition) is 2. The molecule has 0 bridgehead atoms. The molecule has 2 aromatic rings. The predicted octanol–water partition coefficient (Wildman–Crippen LogP) is 3.62. The van der Waals surface area contributed by atoms with Crippen molar-refractivity contribution in [3.8, 4) is 0 Å². The van der Waals surface area contributed by atoms with Gasteiger partial charge in [0.1, 0.15) is 0 Å². The van der Waals surface area contributed by atoms with Gasteiger partial charge < -0.3 is 4.90 Å². The molecule has 0 unspecified atom stereocenters. The third-order valence-electron chi connectivity index (χ3n) is 3.52. The molecule has 1 saturated heterocycles. The predicted molar refractivity (Wildman–Crippen MR) is 85.2 cm³/mol. The average molecular weight is 283 g/mol. The van der Waals surface area contributed by atoms with Gasteiger partial charge in [-0.3, -0.25) is 4.79 Å². The Kier molecular flexibility index (Phi) is 3.79. The van der Waals surface area contributed by atoms with Crippen LogP contribution >= 0.6 is 11.8 Å². The molecule has 3 rings (SSSR count). The van der Waals surface area contributed by atoms with Crippen LogP contribution in [-0.2, 0) is 11.2 Å². The number of hydrogen-bond donors (Lipinski definition) is 0. The molecule has 1 aliphatic rings. The summed E-state index contributed by atoms with van der Waals surface area (Å²) in [6, 6.07) is 16.8. The summed E-state index contributed by atoms with van der Waals surface area (Å²) < 4.78 is 0. The number of thioether (sulfide) groups is 1. The van der Waals surface area contributed by atoms with E-state index >= 15 is 0 Å². The molecule has 1 amide bonds. The highest BCUT2D eigenvalue weighted by Gasteiger charge is 2.24. The molecule has 1 fully saturated rings. The minimum atomic E-state index is 0.218. The first-order valence-corrected chi connectivity index (χ1v) is 7.91. The van der Waals surface area contributed by atoms with E-state index in [-0.39, 0.29) is 5.91 Å². The number of benzene rings is 2. The van der Waals surface area contributed by atoms with Crippen LogP contribution in [0.5, 0.6) is 0 Å². The van der Waals surface area contributed by atoms with Gasteiger partial charge >= 0.3 is 0 Å². The summed E-state index contributed by atoms with van der Waals surface area (Å²) in [6.07, 6.45) is 0.866. The van der Waals surface area contributed by atoms with Gasteiger partial charge in [-0.25, -0.2) is 0 Å². The first-order valence-electron chi connectivity index (χ1n) is 6.75. The first-order chi connectivity index (χ1) is 9.74. The van der Waals surface area contributed by atoms with Gasteiger partial charge in [0, 0.05) is 5.69 Å². The Bertz CT molecular complexity index is 624. The monoisotopic (exact) mass is 283 g/mol. The summed E-state index contributed by atoms with van der Waals surface area (Å²) in [4.78, 5) is 13.9. The maximum Gasteiger partial charge on any atom is 0.237 e. The number of nitrogens with zero attached hydrogens (tertiary/aromatic N) is 1. The number of amides is 1. The van der Waals surface area contributed by atoms with Gasteiger partial charge in [0.2, 0.25) is 5.91 Å². The van der Waals surface area contributed by atoms with Crippen molar-refractivity contribution in [2.75, 3.05) is 16.5 Å². The summed E-state index contributed by atoms with van der Waals surface area (Å²) in [6.45, 7) is 2.07. The fourth-order valence-corrected chi connectivity index (χ4v) is 3.36. The molecule has 0 atom stereocenters. The van der Waals surface area contributed by atoms with Crippen LogP contribution in [0, 0.1) is 6.92 Å². The van der Waals surface area contributed by atoms with E-state index in [4.69, 9.17) is 0 Å². The van der Waals surface area contributed by atoms with Crippen LogP contribution in [0.3, 0.4) is 0 Å². The minimum Gasteiger partial charge on any atom is -0.302 e. The maximum absolute atomic E-state index is 12.0. The van der Waals surface area contributed by atoms with E-state index < -0.39 is 0 Å². The lowest BCUT2D eigenvalue weighted by Gasteiger charge is -2.20. The van der Waals surface area contributed by atoms with Crippen LogP contribution in [0.2, 0.25) is 0 Å². The molecule has 0 N–H and O–H groups in total. The van der Waals surface area contributed by atoms with Crippen molar-refractivity contribution < 1.29 is 4.79 Å². The van der Waals surface area contributed by atoms with E-state index in [1.54, 1.807) is 11.8 Å². The van der Waals surface area contributed by atoms with Gasteiger partial charge in [-0.2, -0.15) is 0 Å². The molecule has 0 spiro atoms. The van der Waals surface area contributed by atoms with Gasteiger partial charge in [-0.1, -0.05) is 42.5 Å². The summed E-state index contributed by atoms with van der Waals surface area (Å²) in [7, 11) is 0. The van der Waals surface area contributed by atoms with Crippen LogP contribution in [-0.4, -0.2) is 17.5 Å². The van der Waals surface area contributed by atoms with Crippen LogP contribution < -0.4 is 4.90 Å². The van der Waals surface area contributed by atoms with Gasteiger partial charge in [0.15, 0.2) is 0 Å². The Morgan fingerprint density at radius 1 is 1.15 bits per heavy atom. The van der Waals surface area contributed by atoms with Crippen molar-refractivity contribution in [2.24, 2.45) is 0 Å². The van der Waals surface area contributed by atoms with Crippen molar-refractivity contribution in [3.05, 3.63) is 65.2 Å². The highest BCUT2D eigenvalue weighted by atomic mass is 32.2. The third kappa shape index (κ3) is 2.73. The fraction of sp³-hybridized carbons (Fsp3) is 0.235. The number of aryl methyl sites for hydroxylation is 1. The molecule has 102 valence electrons. The lowest BCUT2D eigenvalue weighted by molar-refractivity contribution is -0.115. The highest BCUT2D eigenvalue weighted by molar-refractivity contribution is 8.00. The minimum absolute atomic E-state index is 0.218. The third-order valence-corrected chi connectivity index (χ3v) is 4.41. The second-order valence-electron chi connectivity index (χ2n) is 5.09. The van der Waals surface area contributed by atoms with Crippen LogP contribution in [0.1, 0.15) is 16.7 Å². The molecule has 20 heavy (non-hydrogen) atoms. The molecule has 0 aliphatic carbocycles. The van der Waals surface area contributed by atoms with Crippen molar-refractivity contribution in [3.63, 3.8) is 0 Å². The molecule has 0 radical (unpaired) electrons. The summed E-state index contributed by atoms with van der Waals surface area (Å²) in [5.74, 6) is 1.58. The van der Waals surface area contributed by atoms with Crippen LogP contribution in [0.25, 0.3) is 0 Å². The molecular formula is C17H17NOS. The van der Waals surface area contributed by atoms with Crippen molar-refractivity contribution in [1.29, 1.82) is 0 Å². The molecule has 2 nitrogen and oxygen atoms in total. The quantitative estimate of drug-likeness (QED) is 0.857. The Balaban J connectivity index is 1.96. The largest absolute Gasteiger partial charge is 0.302 e. The van der Waals surface area contributed by atoms with E-state index in [2.05, 4.69) is 49.4 Å². The molecule has 1 heterocycles. The summed E-state index contributed by atoms with van der Waals surface area (Å²) in [5.41, 5.74) is 4.76. The molecule has 0 aromatic heterocycles. The van der Waals surface area contributed by atoms with Crippen molar-refractivity contribution in [2.45, 2.75) is 13.3 Å². The molecule has 2 aromatic carbocycles. The fourth-order valence-electron chi connectivity index (χ4n) is 2.47. The molecular weight excluding hydrogens is 266 g/mol. The van der Waals surface area contributed by atoms with Crippen molar-refractivity contribution in [1.82, 2.24) is 0 Å². The summed E-state index contributed by atoms with van der Waals surface area (Å²) >= 11 is 1.68. The average Bonchev–Trinajstić information content (AvgIpc) is 2.88. The molecule has 1 aliphatic heterocycles. The molecule has 0 saturated carbocycles. The van der Waals surface area contributed by atoms with Gasteiger partial charge in [0.05, 0.1) is 11.6 Å². The number of anilines is 1. The Hall–Kier alpha value is -1.74. The summed E-state index contributed by atoms with van der Waals surface area (Å²) in [5, 5.41) is 0. The van der Waals surface area contributed by atoms with E-state index in [1.807, 2.05) is 11.0 Å². The second-order valence-corrected chi connectivity index (χ2v) is 6.05. The topological polar surface area (TPSA) is 20.3 Å². The number of rotatable bonds is 3. The number of carbonyl (C=O) groups excluding carboxylic acids is 1. The Labute approximate surface area is 123 Å². The molecule has 3 heteroatoms. The maximum atomic E-state index is 12.0. The Morgan fingerprint density at radius 3 is 2.65 bits per heavy atom. The zero-order valence-electron chi connectivity index (χ0n) is 11.5. The normalized spacial score (nSPS) is 14.8. The zero-order valence-corrected chi connectivity index (χ0v) is 12.3. The van der Waals surface area contributed by atoms with E-state index in [0.29, 0.717) is 5.75 Å². The van der Waals surface area contributed by atoms with Crippen LogP contribution in [0.4, 0.5) is 5.69 Å². The standard InChI is InChI=1S/C17H17NOS/c1-13-7-8-15(10-14-5-3-2-4-6-14)16(9-13)18-12-20-11-17(18)19/h2-9H,10-12H2,1H3. The van der Waals surface area contributed by atoms with Gasteiger partial charge in [-0.15, -0.1) is 11.8 Å². The zero-order chi connectivity index (χ0) is 13.9. The van der Waals surface area contributed by atoms with Gasteiger partial charge in [-0.05, 0) is 36.1 Å². The van der Waals surface area contributed by atoms with E-state index in [9.17, 15) is 4.79 Å². The van der Waals surface area contributed by atoms with Gasteiger partial charge in [0.25, 0.3) is 0 Å².